The summed E-state index contributed by atoms with van der Waals surface area (Å²) in [5.41, 5.74) is 14.2. The second kappa shape index (κ2) is 9.98. The highest BCUT2D eigenvalue weighted by Gasteiger charge is 2.16. The SMILES string of the molecule is Cc1ncc(N)c(Nc2ccc3[nH]ccc3c2C)c1-c1ccc(OCCN2CCN(C)CC2)cc1. The van der Waals surface area contributed by atoms with E-state index in [9.17, 15) is 0 Å². The number of nitrogens with two attached hydrogens (primary N) is 1. The van der Waals surface area contributed by atoms with Gasteiger partial charge in [-0.2, -0.15) is 0 Å². The van der Waals surface area contributed by atoms with Gasteiger partial charge < -0.3 is 25.7 Å². The molecule has 4 aromatic rings. The highest BCUT2D eigenvalue weighted by molar-refractivity contribution is 5.94. The second-order valence-corrected chi connectivity index (χ2v) is 9.37. The maximum absolute atomic E-state index is 6.43. The fourth-order valence-corrected chi connectivity index (χ4v) is 4.74. The summed E-state index contributed by atoms with van der Waals surface area (Å²) in [4.78, 5) is 12.6. The molecule has 0 spiro atoms. The van der Waals surface area contributed by atoms with Gasteiger partial charge >= 0.3 is 0 Å². The molecule has 0 aliphatic carbocycles. The maximum atomic E-state index is 6.43. The highest BCUT2D eigenvalue weighted by atomic mass is 16.5. The first kappa shape index (κ1) is 23.2. The Morgan fingerprint density at radius 2 is 1.80 bits per heavy atom. The Balaban J connectivity index is 1.34. The summed E-state index contributed by atoms with van der Waals surface area (Å²) < 4.78 is 6.04. The zero-order valence-electron chi connectivity index (χ0n) is 20.8. The second-order valence-electron chi connectivity index (χ2n) is 9.37. The van der Waals surface area contributed by atoms with Crippen molar-refractivity contribution in [2.45, 2.75) is 13.8 Å². The summed E-state index contributed by atoms with van der Waals surface area (Å²) in [6.45, 7) is 10.2. The molecule has 2 aromatic carbocycles. The number of fused-ring (bicyclic) bond motifs is 1. The number of aromatic nitrogens is 2. The predicted molar refractivity (Wildman–Crippen MR) is 145 cm³/mol. The molecule has 0 radical (unpaired) electrons. The Hall–Kier alpha value is -3.55. The quantitative estimate of drug-likeness (QED) is 0.360. The van der Waals surface area contributed by atoms with Gasteiger partial charge in [0.05, 0.1) is 17.6 Å². The van der Waals surface area contributed by atoms with Gasteiger partial charge in [0, 0.05) is 66.8 Å². The third-order valence-corrected chi connectivity index (χ3v) is 6.98. The minimum atomic E-state index is 0.617. The molecule has 3 heterocycles. The minimum Gasteiger partial charge on any atom is -0.492 e. The number of benzene rings is 2. The van der Waals surface area contributed by atoms with Gasteiger partial charge in [0.2, 0.25) is 0 Å². The number of nitrogens with one attached hydrogen (secondary N) is 2. The fraction of sp³-hybridized carbons (Fsp3) is 0.321. The van der Waals surface area contributed by atoms with Crippen molar-refractivity contribution in [3.63, 3.8) is 0 Å². The van der Waals surface area contributed by atoms with Crippen molar-refractivity contribution in [2.24, 2.45) is 0 Å². The first-order chi connectivity index (χ1) is 17.0. The Morgan fingerprint density at radius 1 is 1.03 bits per heavy atom. The number of nitrogens with zero attached hydrogens (tertiary/aromatic N) is 3. The summed E-state index contributed by atoms with van der Waals surface area (Å²) in [6.07, 6.45) is 3.69. The highest BCUT2D eigenvalue weighted by Crippen LogP contribution is 2.38. The van der Waals surface area contributed by atoms with E-state index >= 15 is 0 Å². The number of H-pyrrole nitrogens is 1. The van der Waals surface area contributed by atoms with Crippen molar-refractivity contribution in [1.82, 2.24) is 19.8 Å². The number of nitrogen functional groups attached to an aromatic ring is 1. The minimum absolute atomic E-state index is 0.617. The molecule has 182 valence electrons. The number of rotatable bonds is 7. The lowest BCUT2D eigenvalue weighted by Gasteiger charge is -2.32. The third-order valence-electron chi connectivity index (χ3n) is 6.98. The normalized spacial score (nSPS) is 14.9. The molecule has 0 saturated carbocycles. The molecule has 0 bridgehead atoms. The largest absolute Gasteiger partial charge is 0.492 e. The molecule has 4 N–H and O–H groups in total. The monoisotopic (exact) mass is 470 g/mol. The molecule has 2 aromatic heterocycles. The van der Waals surface area contributed by atoms with Crippen LogP contribution in [0.1, 0.15) is 11.3 Å². The van der Waals surface area contributed by atoms with Crippen LogP contribution < -0.4 is 15.8 Å². The number of hydrogen-bond donors (Lipinski definition) is 3. The van der Waals surface area contributed by atoms with E-state index in [2.05, 4.69) is 69.4 Å². The van der Waals surface area contributed by atoms with Gasteiger partial charge in [0.1, 0.15) is 12.4 Å². The van der Waals surface area contributed by atoms with Crippen LogP contribution in [-0.2, 0) is 0 Å². The van der Waals surface area contributed by atoms with Gasteiger partial charge in [-0.3, -0.25) is 9.88 Å². The van der Waals surface area contributed by atoms with Gasteiger partial charge in [-0.15, -0.1) is 0 Å². The first-order valence-corrected chi connectivity index (χ1v) is 12.2. The van der Waals surface area contributed by atoms with Crippen LogP contribution in [0.3, 0.4) is 0 Å². The van der Waals surface area contributed by atoms with Crippen molar-refractivity contribution < 1.29 is 4.74 Å². The van der Waals surface area contributed by atoms with Crippen LogP contribution in [0.4, 0.5) is 17.1 Å². The molecule has 7 nitrogen and oxygen atoms in total. The molecule has 1 fully saturated rings. The van der Waals surface area contributed by atoms with E-state index in [4.69, 9.17) is 10.5 Å². The number of hydrogen-bond acceptors (Lipinski definition) is 6. The molecule has 0 amide bonds. The first-order valence-electron chi connectivity index (χ1n) is 12.2. The number of aryl methyl sites for hydroxylation is 2. The van der Waals surface area contributed by atoms with Crippen molar-refractivity contribution in [3.05, 3.63) is 66.1 Å². The van der Waals surface area contributed by atoms with Gasteiger partial charge in [0.15, 0.2) is 0 Å². The molecule has 0 unspecified atom stereocenters. The van der Waals surface area contributed by atoms with E-state index in [1.165, 1.54) is 10.9 Å². The van der Waals surface area contributed by atoms with Crippen molar-refractivity contribution in [3.8, 4) is 16.9 Å². The van der Waals surface area contributed by atoms with Gasteiger partial charge in [-0.25, -0.2) is 0 Å². The van der Waals surface area contributed by atoms with E-state index in [0.717, 1.165) is 72.2 Å². The lowest BCUT2D eigenvalue weighted by molar-refractivity contribution is 0.134. The molecule has 5 rings (SSSR count). The zero-order chi connectivity index (χ0) is 24.4. The Morgan fingerprint density at radius 3 is 2.57 bits per heavy atom. The van der Waals surface area contributed by atoms with Crippen molar-refractivity contribution in [1.29, 1.82) is 0 Å². The average molecular weight is 471 g/mol. The van der Waals surface area contributed by atoms with E-state index in [1.54, 1.807) is 6.20 Å². The topological polar surface area (TPSA) is 82.4 Å². The van der Waals surface area contributed by atoms with E-state index in [0.29, 0.717) is 12.3 Å². The Bertz CT molecular complexity index is 1310. The number of pyridine rings is 1. The van der Waals surface area contributed by atoms with Gasteiger partial charge in [-0.1, -0.05) is 12.1 Å². The zero-order valence-corrected chi connectivity index (χ0v) is 20.8. The summed E-state index contributed by atoms with van der Waals surface area (Å²) in [7, 11) is 2.18. The van der Waals surface area contributed by atoms with E-state index in [-0.39, 0.29) is 0 Å². The lowest BCUT2D eigenvalue weighted by atomic mass is 10.0. The van der Waals surface area contributed by atoms with Crippen LogP contribution in [0.15, 0.2) is 54.9 Å². The molecule has 1 saturated heterocycles. The standard InChI is InChI=1S/C28H34N6O/c1-19-23-10-11-30-26(23)9-8-25(19)32-28-24(29)18-31-20(2)27(28)21-4-6-22(7-5-21)35-17-16-34-14-12-33(3)13-15-34/h4-11,18,30H,12-17,29H2,1-3H3,(H,31,32). The number of anilines is 3. The molecule has 35 heavy (non-hydrogen) atoms. The molecular weight excluding hydrogens is 436 g/mol. The molecular formula is C28H34N6O. The molecule has 1 aliphatic heterocycles. The number of likely N-dealkylation sites (N-methyl/N-ethyl adjacent to an activating group) is 1. The number of piperazine rings is 1. The molecule has 1 aliphatic rings. The van der Waals surface area contributed by atoms with Crippen LogP contribution in [0, 0.1) is 13.8 Å². The predicted octanol–water partition coefficient (Wildman–Crippen LogP) is 4.80. The van der Waals surface area contributed by atoms with Gasteiger partial charge in [0.25, 0.3) is 0 Å². The Labute approximate surface area is 206 Å². The van der Waals surface area contributed by atoms with Crippen LogP contribution in [-0.4, -0.2) is 66.1 Å². The van der Waals surface area contributed by atoms with E-state index < -0.39 is 0 Å². The summed E-state index contributed by atoms with van der Waals surface area (Å²) in [5, 5.41) is 4.79. The smallest absolute Gasteiger partial charge is 0.119 e. The van der Waals surface area contributed by atoms with Crippen molar-refractivity contribution >= 4 is 28.0 Å². The van der Waals surface area contributed by atoms with Crippen molar-refractivity contribution in [2.75, 3.05) is 57.4 Å². The fourth-order valence-electron chi connectivity index (χ4n) is 4.74. The lowest BCUT2D eigenvalue weighted by Crippen LogP contribution is -2.45. The average Bonchev–Trinajstić information content (AvgIpc) is 3.35. The number of aromatic amines is 1. The summed E-state index contributed by atoms with van der Waals surface area (Å²) >= 11 is 0. The summed E-state index contributed by atoms with van der Waals surface area (Å²) in [6, 6.07) is 14.5. The van der Waals surface area contributed by atoms with Crippen LogP contribution in [0.25, 0.3) is 22.0 Å². The molecule has 0 atom stereocenters. The Kier molecular flexibility index (Phi) is 6.61. The summed E-state index contributed by atoms with van der Waals surface area (Å²) in [5.74, 6) is 0.876. The van der Waals surface area contributed by atoms with Gasteiger partial charge in [-0.05, 0) is 62.4 Å². The number of ether oxygens (including phenoxy) is 1. The van der Waals surface area contributed by atoms with Crippen LogP contribution >= 0.6 is 0 Å². The maximum Gasteiger partial charge on any atom is 0.119 e. The third kappa shape index (κ3) is 4.97. The van der Waals surface area contributed by atoms with Crippen LogP contribution in [0.2, 0.25) is 0 Å². The van der Waals surface area contributed by atoms with Crippen LogP contribution in [0.5, 0.6) is 5.75 Å². The molecule has 7 heteroatoms. The van der Waals surface area contributed by atoms with E-state index in [1.807, 2.05) is 25.3 Å².